The first-order valence-corrected chi connectivity index (χ1v) is 7.52. The van der Waals surface area contributed by atoms with Crippen LogP contribution in [0, 0.1) is 5.92 Å². The highest BCUT2D eigenvalue weighted by Gasteiger charge is 2.66. The van der Waals surface area contributed by atoms with Crippen LogP contribution in [0.15, 0.2) is 24.3 Å². The fraction of sp³-hybridized carbons (Fsp3) is 0.500. The quantitative estimate of drug-likeness (QED) is 0.831. The summed E-state index contributed by atoms with van der Waals surface area (Å²) in [5, 5.41) is 0. The number of fused-ring (bicyclic) bond motifs is 4. The summed E-state index contributed by atoms with van der Waals surface area (Å²) in [6.45, 7) is 0.863. The molecule has 1 spiro atoms. The zero-order valence-corrected chi connectivity index (χ0v) is 12.1. The molecule has 3 heterocycles. The summed E-state index contributed by atoms with van der Waals surface area (Å²) >= 11 is 0. The highest BCUT2D eigenvalue weighted by molar-refractivity contribution is 6.10. The van der Waals surface area contributed by atoms with E-state index in [0.29, 0.717) is 12.5 Å². The highest BCUT2D eigenvalue weighted by Crippen LogP contribution is 2.56. The summed E-state index contributed by atoms with van der Waals surface area (Å²) in [5.41, 5.74) is 6.67. The Bertz CT molecular complexity index is 644. The fourth-order valence-corrected chi connectivity index (χ4v) is 4.69. The van der Waals surface area contributed by atoms with Crippen LogP contribution in [0.3, 0.4) is 0 Å². The molecule has 2 saturated heterocycles. The zero-order valence-electron chi connectivity index (χ0n) is 12.1. The van der Waals surface area contributed by atoms with Gasteiger partial charge in [0.25, 0.3) is 5.91 Å². The van der Waals surface area contributed by atoms with Gasteiger partial charge in [0, 0.05) is 24.3 Å². The third-order valence-corrected chi connectivity index (χ3v) is 5.49. The molecule has 0 radical (unpaired) electrons. The summed E-state index contributed by atoms with van der Waals surface area (Å²) in [5.74, 6) is -0.791. The second-order valence-electron chi connectivity index (χ2n) is 6.33. The van der Waals surface area contributed by atoms with E-state index in [1.807, 2.05) is 24.3 Å². The summed E-state index contributed by atoms with van der Waals surface area (Å²) in [4.78, 5) is 29.1. The summed E-state index contributed by atoms with van der Waals surface area (Å²) < 4.78 is 0. The van der Waals surface area contributed by atoms with E-state index < -0.39 is 11.5 Å². The molecule has 3 aliphatic rings. The predicted octanol–water partition coefficient (Wildman–Crippen LogP) is 0.828. The van der Waals surface area contributed by atoms with E-state index in [-0.39, 0.29) is 11.8 Å². The van der Waals surface area contributed by atoms with Crippen molar-refractivity contribution < 1.29 is 9.59 Å². The standard InChI is InChI=1S/C16H19N3O2/c1-18-13-7-3-2-6-11(13)16(15(18)21)12(14(17)20)9-10-5-4-8-19(10)16/h2-3,6-7,10,12H,4-5,8-9H2,1H3,(H2,17,20)/t10-,12-,16-/m0/s1. The fourth-order valence-electron chi connectivity index (χ4n) is 4.69. The Morgan fingerprint density at radius 1 is 1.38 bits per heavy atom. The van der Waals surface area contributed by atoms with Crippen molar-refractivity contribution in [3.05, 3.63) is 29.8 Å². The number of likely N-dealkylation sites (N-methyl/N-ethyl adjacent to an activating group) is 1. The molecule has 2 N–H and O–H groups in total. The van der Waals surface area contributed by atoms with E-state index in [1.165, 1.54) is 0 Å². The maximum atomic E-state index is 13.1. The summed E-state index contributed by atoms with van der Waals surface area (Å²) in [6.07, 6.45) is 2.82. The van der Waals surface area contributed by atoms with Crippen LogP contribution in [0.25, 0.3) is 0 Å². The topological polar surface area (TPSA) is 66.6 Å². The van der Waals surface area contributed by atoms with Crippen molar-refractivity contribution >= 4 is 17.5 Å². The molecule has 0 unspecified atom stereocenters. The van der Waals surface area contributed by atoms with Crippen LogP contribution in [-0.2, 0) is 15.1 Å². The lowest BCUT2D eigenvalue weighted by Gasteiger charge is -2.36. The number of anilines is 1. The molecule has 0 saturated carbocycles. The van der Waals surface area contributed by atoms with E-state index in [1.54, 1.807) is 11.9 Å². The molecule has 1 aromatic rings. The van der Waals surface area contributed by atoms with E-state index >= 15 is 0 Å². The van der Waals surface area contributed by atoms with Gasteiger partial charge in [-0.05, 0) is 31.9 Å². The molecular formula is C16H19N3O2. The van der Waals surface area contributed by atoms with Crippen molar-refractivity contribution in [2.24, 2.45) is 11.7 Å². The Kier molecular flexibility index (Phi) is 2.49. The lowest BCUT2D eigenvalue weighted by atomic mass is 9.78. The number of benzene rings is 1. The minimum absolute atomic E-state index is 0.00287. The largest absolute Gasteiger partial charge is 0.369 e. The van der Waals surface area contributed by atoms with Crippen molar-refractivity contribution in [2.45, 2.75) is 30.8 Å². The molecule has 2 amide bonds. The van der Waals surface area contributed by atoms with E-state index in [9.17, 15) is 9.59 Å². The summed E-state index contributed by atoms with van der Waals surface area (Å²) in [6, 6.07) is 8.09. The van der Waals surface area contributed by atoms with Crippen molar-refractivity contribution in [3.8, 4) is 0 Å². The van der Waals surface area contributed by atoms with Gasteiger partial charge < -0.3 is 10.6 Å². The average Bonchev–Trinajstić information content (AvgIpc) is 3.10. The maximum Gasteiger partial charge on any atom is 0.252 e. The molecule has 3 aliphatic heterocycles. The van der Waals surface area contributed by atoms with Gasteiger partial charge in [-0.25, -0.2) is 0 Å². The smallest absolute Gasteiger partial charge is 0.252 e. The SMILES string of the molecule is CN1C(=O)[C@]2(c3ccccc31)[C@H](C(N)=O)C[C@@H]1CCCN12. The van der Waals surface area contributed by atoms with Gasteiger partial charge in [0.15, 0.2) is 0 Å². The number of nitrogens with two attached hydrogens (primary N) is 1. The monoisotopic (exact) mass is 285 g/mol. The van der Waals surface area contributed by atoms with Gasteiger partial charge in [-0.3, -0.25) is 14.5 Å². The number of nitrogens with zero attached hydrogens (tertiary/aromatic N) is 2. The highest BCUT2D eigenvalue weighted by atomic mass is 16.2. The molecule has 110 valence electrons. The van der Waals surface area contributed by atoms with Gasteiger partial charge in [0.2, 0.25) is 5.91 Å². The van der Waals surface area contributed by atoms with Crippen LogP contribution in [0.1, 0.15) is 24.8 Å². The number of primary amides is 1. The maximum absolute atomic E-state index is 13.1. The second-order valence-corrected chi connectivity index (χ2v) is 6.33. The van der Waals surface area contributed by atoms with Gasteiger partial charge >= 0.3 is 0 Å². The molecule has 3 atom stereocenters. The third kappa shape index (κ3) is 1.35. The van der Waals surface area contributed by atoms with Crippen LogP contribution in [-0.4, -0.2) is 36.3 Å². The minimum atomic E-state index is -0.863. The van der Waals surface area contributed by atoms with Crippen LogP contribution in [0.4, 0.5) is 5.69 Å². The number of carbonyl (C=O) groups is 2. The molecule has 0 aliphatic carbocycles. The number of amides is 2. The molecule has 5 heteroatoms. The lowest BCUT2D eigenvalue weighted by molar-refractivity contribution is -0.137. The van der Waals surface area contributed by atoms with Crippen molar-refractivity contribution in [1.29, 1.82) is 0 Å². The number of carbonyl (C=O) groups excluding carboxylic acids is 2. The first kappa shape index (κ1) is 12.8. The number of para-hydroxylation sites is 1. The van der Waals surface area contributed by atoms with Crippen LogP contribution < -0.4 is 10.6 Å². The molecular weight excluding hydrogens is 266 g/mol. The molecule has 1 aromatic carbocycles. The second kappa shape index (κ2) is 4.07. The summed E-state index contributed by atoms with van der Waals surface area (Å²) in [7, 11) is 1.79. The zero-order chi connectivity index (χ0) is 14.8. The molecule has 0 aromatic heterocycles. The molecule has 4 rings (SSSR count). The van der Waals surface area contributed by atoms with Gasteiger partial charge in [0.1, 0.15) is 5.54 Å². The van der Waals surface area contributed by atoms with Crippen LogP contribution >= 0.6 is 0 Å². The minimum Gasteiger partial charge on any atom is -0.369 e. The number of hydrogen-bond acceptors (Lipinski definition) is 3. The van der Waals surface area contributed by atoms with Crippen molar-refractivity contribution in [2.75, 3.05) is 18.5 Å². The Morgan fingerprint density at radius 3 is 2.90 bits per heavy atom. The van der Waals surface area contributed by atoms with Gasteiger partial charge in [-0.2, -0.15) is 0 Å². The molecule has 0 bridgehead atoms. The van der Waals surface area contributed by atoms with E-state index in [2.05, 4.69) is 4.90 Å². The number of hydrogen-bond donors (Lipinski definition) is 1. The third-order valence-electron chi connectivity index (χ3n) is 5.49. The van der Waals surface area contributed by atoms with Gasteiger partial charge in [-0.1, -0.05) is 18.2 Å². The Balaban J connectivity index is 1.99. The lowest BCUT2D eigenvalue weighted by Crippen LogP contribution is -2.55. The molecule has 21 heavy (non-hydrogen) atoms. The molecule has 5 nitrogen and oxygen atoms in total. The van der Waals surface area contributed by atoms with E-state index in [4.69, 9.17) is 5.73 Å². The Hall–Kier alpha value is -1.88. The van der Waals surface area contributed by atoms with E-state index in [0.717, 1.165) is 30.6 Å². The Labute approximate surface area is 123 Å². The van der Waals surface area contributed by atoms with Crippen LogP contribution in [0.2, 0.25) is 0 Å². The first-order valence-electron chi connectivity index (χ1n) is 7.52. The normalized spacial score (nSPS) is 34.5. The van der Waals surface area contributed by atoms with Gasteiger partial charge in [-0.15, -0.1) is 0 Å². The van der Waals surface area contributed by atoms with Gasteiger partial charge in [0.05, 0.1) is 5.92 Å². The molecule has 2 fully saturated rings. The van der Waals surface area contributed by atoms with Crippen molar-refractivity contribution in [3.63, 3.8) is 0 Å². The predicted molar refractivity (Wildman–Crippen MR) is 78.6 cm³/mol. The number of rotatable bonds is 1. The Morgan fingerprint density at radius 2 is 2.14 bits per heavy atom. The van der Waals surface area contributed by atoms with Crippen LogP contribution in [0.5, 0.6) is 0 Å². The van der Waals surface area contributed by atoms with Crippen molar-refractivity contribution in [1.82, 2.24) is 4.90 Å². The first-order chi connectivity index (χ1) is 10.1. The average molecular weight is 285 g/mol.